The van der Waals surface area contributed by atoms with E-state index >= 15 is 0 Å². The summed E-state index contributed by atoms with van der Waals surface area (Å²) in [5, 5.41) is 20.1. The maximum absolute atomic E-state index is 12.4. The van der Waals surface area contributed by atoms with Crippen LogP contribution in [-0.4, -0.2) is 56.9 Å². The number of nitrogens with one attached hydrogen (secondary N) is 2. The summed E-state index contributed by atoms with van der Waals surface area (Å²) in [5.74, 6) is 0.448. The van der Waals surface area contributed by atoms with Gasteiger partial charge in [-0.05, 0) is 64.0 Å². The monoisotopic (exact) mass is 382 g/mol. The number of hydrogen-bond acceptors (Lipinski definition) is 5. The number of amides is 2. The Hall–Kier alpha value is -1.54. The molecule has 0 aromatic carbocycles. The number of hydrogen-bond donors (Lipinski definition) is 3. The summed E-state index contributed by atoms with van der Waals surface area (Å²) < 4.78 is 1.67. The largest absolute Gasteiger partial charge is 0.383 e. The van der Waals surface area contributed by atoms with Gasteiger partial charge in [-0.25, -0.2) is 0 Å². The second-order valence-corrected chi connectivity index (χ2v) is 7.96. The Kier molecular flexibility index (Phi) is 7.96. The average molecular weight is 383 g/mol. The van der Waals surface area contributed by atoms with E-state index < -0.39 is 6.10 Å². The van der Waals surface area contributed by atoms with Gasteiger partial charge in [0, 0.05) is 18.3 Å². The Bertz CT molecular complexity index is 599. The lowest BCUT2D eigenvalue weighted by Crippen LogP contribution is -2.47. The Labute approximate surface area is 159 Å². The van der Waals surface area contributed by atoms with E-state index in [1.807, 2.05) is 32.4 Å². The normalized spacial score (nSPS) is 22.5. The third kappa shape index (κ3) is 6.02. The smallest absolute Gasteiger partial charge is 0.249 e. The molecule has 2 rings (SSSR count). The molecule has 1 aromatic heterocycles. The number of rotatable bonds is 8. The van der Waals surface area contributed by atoms with Crippen molar-refractivity contribution in [1.29, 1.82) is 0 Å². The molecular weight excluding hydrogens is 352 g/mol. The van der Waals surface area contributed by atoms with Gasteiger partial charge in [-0.2, -0.15) is 16.9 Å². The van der Waals surface area contributed by atoms with Crippen LogP contribution in [0.25, 0.3) is 0 Å². The van der Waals surface area contributed by atoms with Gasteiger partial charge >= 0.3 is 0 Å². The van der Waals surface area contributed by atoms with Gasteiger partial charge < -0.3 is 15.7 Å². The molecule has 7 nitrogen and oxygen atoms in total. The minimum Gasteiger partial charge on any atom is -0.383 e. The second-order valence-electron chi connectivity index (χ2n) is 6.98. The van der Waals surface area contributed by atoms with Crippen LogP contribution >= 0.6 is 11.8 Å². The minimum atomic E-state index is -0.932. The van der Waals surface area contributed by atoms with E-state index in [0.29, 0.717) is 6.42 Å². The van der Waals surface area contributed by atoms with Gasteiger partial charge in [-0.1, -0.05) is 0 Å². The van der Waals surface area contributed by atoms with Crippen LogP contribution in [0.3, 0.4) is 0 Å². The van der Waals surface area contributed by atoms with Crippen LogP contribution in [0, 0.1) is 6.92 Å². The van der Waals surface area contributed by atoms with Crippen LogP contribution in [0.4, 0.5) is 0 Å². The molecule has 0 aliphatic heterocycles. The quantitative estimate of drug-likeness (QED) is 0.632. The summed E-state index contributed by atoms with van der Waals surface area (Å²) >= 11 is 1.61. The maximum atomic E-state index is 12.4. The SMILES string of the molecule is CSCCC(O)C(=O)NC1CCC(NC(=O)C(C)n2ccc(C)n2)CC1. The van der Waals surface area contributed by atoms with Gasteiger partial charge in [0.1, 0.15) is 12.1 Å². The fourth-order valence-corrected chi connectivity index (χ4v) is 3.59. The highest BCUT2D eigenvalue weighted by Gasteiger charge is 2.27. The number of nitrogens with zero attached hydrogens (tertiary/aromatic N) is 2. The van der Waals surface area contributed by atoms with Gasteiger partial charge in [0.05, 0.1) is 5.69 Å². The Morgan fingerprint density at radius 1 is 1.27 bits per heavy atom. The Morgan fingerprint density at radius 3 is 2.35 bits per heavy atom. The van der Waals surface area contributed by atoms with Crippen molar-refractivity contribution in [3.05, 3.63) is 18.0 Å². The molecule has 1 aliphatic rings. The number of aliphatic hydroxyl groups is 1. The molecule has 0 saturated heterocycles. The molecule has 1 saturated carbocycles. The summed E-state index contributed by atoms with van der Waals surface area (Å²) in [6.07, 6.45) is 6.57. The topological polar surface area (TPSA) is 96.3 Å². The van der Waals surface area contributed by atoms with E-state index in [9.17, 15) is 14.7 Å². The summed E-state index contributed by atoms with van der Waals surface area (Å²) in [7, 11) is 0. The van der Waals surface area contributed by atoms with Crippen molar-refractivity contribution in [2.75, 3.05) is 12.0 Å². The highest BCUT2D eigenvalue weighted by atomic mass is 32.2. The average Bonchev–Trinajstić information content (AvgIpc) is 3.06. The summed E-state index contributed by atoms with van der Waals surface area (Å²) in [4.78, 5) is 24.4. The highest BCUT2D eigenvalue weighted by molar-refractivity contribution is 7.98. The van der Waals surface area contributed by atoms with E-state index in [1.165, 1.54) is 0 Å². The number of thioether (sulfide) groups is 1. The van der Waals surface area contributed by atoms with Gasteiger partial charge in [0.25, 0.3) is 0 Å². The Morgan fingerprint density at radius 2 is 1.85 bits per heavy atom. The summed E-state index contributed by atoms with van der Waals surface area (Å²) in [6.45, 7) is 3.73. The number of aliphatic hydroxyl groups excluding tert-OH is 1. The third-order valence-corrected chi connectivity index (χ3v) is 5.48. The molecule has 1 aliphatic carbocycles. The maximum Gasteiger partial charge on any atom is 0.249 e. The summed E-state index contributed by atoms with van der Waals surface area (Å²) in [5.41, 5.74) is 0.889. The molecule has 2 atom stereocenters. The lowest BCUT2D eigenvalue weighted by atomic mass is 9.90. The van der Waals surface area contributed by atoms with Gasteiger partial charge in [0.15, 0.2) is 0 Å². The van der Waals surface area contributed by atoms with E-state index in [2.05, 4.69) is 15.7 Å². The van der Waals surface area contributed by atoms with Crippen molar-refractivity contribution in [2.24, 2.45) is 0 Å². The highest BCUT2D eigenvalue weighted by Crippen LogP contribution is 2.20. The molecule has 2 amide bonds. The number of aromatic nitrogens is 2. The van der Waals surface area contributed by atoms with Gasteiger partial charge in [-0.15, -0.1) is 0 Å². The van der Waals surface area contributed by atoms with E-state index in [0.717, 1.165) is 37.1 Å². The molecule has 0 bridgehead atoms. The van der Waals surface area contributed by atoms with E-state index in [-0.39, 0.29) is 29.9 Å². The Balaban J connectivity index is 1.72. The van der Waals surface area contributed by atoms with Crippen LogP contribution in [0.2, 0.25) is 0 Å². The summed E-state index contributed by atoms with van der Waals surface area (Å²) in [6, 6.07) is 1.74. The fraction of sp³-hybridized carbons (Fsp3) is 0.722. The van der Waals surface area contributed by atoms with Gasteiger partial charge in [-0.3, -0.25) is 14.3 Å². The van der Waals surface area contributed by atoms with Crippen molar-refractivity contribution >= 4 is 23.6 Å². The zero-order chi connectivity index (χ0) is 19.1. The van der Waals surface area contributed by atoms with Crippen LogP contribution < -0.4 is 10.6 Å². The van der Waals surface area contributed by atoms with Gasteiger partial charge in [0.2, 0.25) is 11.8 Å². The predicted octanol–water partition coefficient (Wildman–Crippen LogP) is 1.41. The van der Waals surface area contributed by atoms with E-state index in [4.69, 9.17) is 0 Å². The van der Waals surface area contributed by atoms with Crippen molar-refractivity contribution in [3.63, 3.8) is 0 Å². The molecule has 26 heavy (non-hydrogen) atoms. The predicted molar refractivity (Wildman–Crippen MR) is 103 cm³/mol. The van der Waals surface area contributed by atoms with Crippen LogP contribution in [-0.2, 0) is 9.59 Å². The first kappa shape index (κ1) is 20.8. The minimum absolute atomic E-state index is 0.0342. The zero-order valence-electron chi connectivity index (χ0n) is 15.8. The fourth-order valence-electron chi connectivity index (χ4n) is 3.13. The first-order valence-electron chi connectivity index (χ1n) is 9.20. The number of carbonyl (C=O) groups excluding carboxylic acids is 2. The number of carbonyl (C=O) groups is 2. The van der Waals surface area contributed by atoms with Crippen LogP contribution in [0.15, 0.2) is 12.3 Å². The molecule has 1 fully saturated rings. The van der Waals surface area contributed by atoms with Crippen molar-refractivity contribution in [3.8, 4) is 0 Å². The molecule has 1 heterocycles. The molecule has 2 unspecified atom stereocenters. The van der Waals surface area contributed by atoms with Crippen molar-refractivity contribution < 1.29 is 14.7 Å². The third-order valence-electron chi connectivity index (χ3n) is 4.84. The molecule has 1 aromatic rings. The van der Waals surface area contributed by atoms with Crippen molar-refractivity contribution in [1.82, 2.24) is 20.4 Å². The first-order valence-corrected chi connectivity index (χ1v) is 10.6. The van der Waals surface area contributed by atoms with Crippen molar-refractivity contribution in [2.45, 2.75) is 70.2 Å². The molecule has 3 N–H and O–H groups in total. The zero-order valence-corrected chi connectivity index (χ0v) is 16.6. The van der Waals surface area contributed by atoms with E-state index in [1.54, 1.807) is 16.4 Å². The lowest BCUT2D eigenvalue weighted by molar-refractivity contribution is -0.130. The second kappa shape index (κ2) is 9.97. The standard InChI is InChI=1S/C18H30N4O3S/c1-12-8-10-22(21-12)13(2)17(24)19-14-4-6-15(7-5-14)20-18(25)16(23)9-11-26-3/h8,10,13-16,23H,4-7,9,11H2,1-3H3,(H,19,24)(H,20,25). The molecule has 0 spiro atoms. The molecule has 0 radical (unpaired) electrons. The first-order chi connectivity index (χ1) is 12.4. The van der Waals surface area contributed by atoms with Crippen LogP contribution in [0.1, 0.15) is 50.8 Å². The molecule has 146 valence electrons. The molecular formula is C18H30N4O3S. The lowest BCUT2D eigenvalue weighted by Gasteiger charge is -2.30. The number of aryl methyl sites for hydroxylation is 1. The van der Waals surface area contributed by atoms with Crippen LogP contribution in [0.5, 0.6) is 0 Å². The molecule has 8 heteroatoms.